The minimum Gasteiger partial charge on any atom is -0.464 e. The van der Waals surface area contributed by atoms with Gasteiger partial charge in [-0.05, 0) is 24.1 Å². The number of carbonyl (C=O) groups excluding carboxylic acids is 2. The fraction of sp³-hybridized carbons (Fsp3) is 0.167. The van der Waals surface area contributed by atoms with E-state index in [1.54, 1.807) is 12.3 Å². The molecule has 3 rings (SSSR count). The van der Waals surface area contributed by atoms with E-state index < -0.39 is 5.97 Å². The topological polar surface area (TPSA) is 84.1 Å². The van der Waals surface area contributed by atoms with Gasteiger partial charge in [0.05, 0.1) is 19.2 Å². The van der Waals surface area contributed by atoms with Gasteiger partial charge in [0.1, 0.15) is 5.69 Å². The molecule has 0 saturated heterocycles. The zero-order valence-corrected chi connectivity index (χ0v) is 14.6. The van der Waals surface area contributed by atoms with E-state index in [1.807, 2.05) is 36.6 Å². The molecule has 0 unspecified atom stereocenters. The van der Waals surface area contributed by atoms with Crippen molar-refractivity contribution in [1.82, 2.24) is 9.97 Å². The molecule has 0 radical (unpaired) electrons. The van der Waals surface area contributed by atoms with Gasteiger partial charge in [0.15, 0.2) is 5.13 Å². The zero-order valence-electron chi connectivity index (χ0n) is 13.8. The molecule has 3 aromatic rings. The molecule has 7 heteroatoms. The van der Waals surface area contributed by atoms with Crippen LogP contribution in [0.1, 0.15) is 21.6 Å². The van der Waals surface area contributed by atoms with Gasteiger partial charge in [-0.3, -0.25) is 4.79 Å². The summed E-state index contributed by atoms with van der Waals surface area (Å²) in [5, 5.41) is 5.16. The minimum absolute atomic E-state index is 0.112. The van der Waals surface area contributed by atoms with E-state index in [9.17, 15) is 9.59 Å². The standard InChI is InChI=1S/C18H17N3O3S/c1-11-5-3-4-6-12(11)8-16(22)21-18-20-15(10-25-18)13-7-14(19-9-13)17(23)24-2/h3-7,9-10,19H,8H2,1-2H3,(H,20,21,22). The maximum Gasteiger partial charge on any atom is 0.354 e. The zero-order chi connectivity index (χ0) is 17.8. The van der Waals surface area contributed by atoms with Gasteiger partial charge in [-0.1, -0.05) is 24.3 Å². The summed E-state index contributed by atoms with van der Waals surface area (Å²) in [6, 6.07) is 9.45. The Labute approximate surface area is 148 Å². The van der Waals surface area contributed by atoms with Crippen molar-refractivity contribution in [2.75, 3.05) is 12.4 Å². The van der Waals surface area contributed by atoms with Gasteiger partial charge in [0.25, 0.3) is 0 Å². The third-order valence-electron chi connectivity index (χ3n) is 3.75. The molecule has 0 spiro atoms. The molecule has 6 nitrogen and oxygen atoms in total. The molecule has 0 saturated carbocycles. The number of methoxy groups -OCH3 is 1. The third kappa shape index (κ3) is 3.95. The van der Waals surface area contributed by atoms with Gasteiger partial charge in [-0.2, -0.15) is 0 Å². The number of aryl methyl sites for hydroxylation is 1. The van der Waals surface area contributed by atoms with Crippen LogP contribution in [0.25, 0.3) is 11.3 Å². The summed E-state index contributed by atoms with van der Waals surface area (Å²) in [4.78, 5) is 30.9. The second-order valence-electron chi connectivity index (χ2n) is 5.48. The fourth-order valence-corrected chi connectivity index (χ4v) is 3.11. The maximum absolute atomic E-state index is 12.2. The van der Waals surface area contributed by atoms with Gasteiger partial charge in [0.2, 0.25) is 5.91 Å². The summed E-state index contributed by atoms with van der Waals surface area (Å²) in [6.07, 6.45) is 1.98. The van der Waals surface area contributed by atoms with Crippen LogP contribution in [0.4, 0.5) is 5.13 Å². The highest BCUT2D eigenvalue weighted by Crippen LogP contribution is 2.25. The lowest BCUT2D eigenvalue weighted by molar-refractivity contribution is -0.115. The molecule has 128 valence electrons. The number of hydrogen-bond donors (Lipinski definition) is 2. The van der Waals surface area contributed by atoms with Crippen molar-refractivity contribution in [3.8, 4) is 11.3 Å². The Kier molecular flexibility index (Phi) is 4.95. The SMILES string of the molecule is COC(=O)c1cc(-c2csc(NC(=O)Cc3ccccc3C)n2)c[nH]1. The summed E-state index contributed by atoms with van der Waals surface area (Å²) >= 11 is 1.34. The molecular weight excluding hydrogens is 338 g/mol. The molecule has 0 atom stereocenters. The Morgan fingerprint density at radius 2 is 2.12 bits per heavy atom. The number of esters is 1. The number of amides is 1. The molecule has 0 fully saturated rings. The van der Waals surface area contributed by atoms with Crippen molar-refractivity contribution >= 4 is 28.3 Å². The highest BCUT2D eigenvalue weighted by atomic mass is 32.1. The number of benzene rings is 1. The Bertz CT molecular complexity index is 914. The highest BCUT2D eigenvalue weighted by Gasteiger charge is 2.13. The van der Waals surface area contributed by atoms with Gasteiger partial charge in [-0.25, -0.2) is 9.78 Å². The van der Waals surface area contributed by atoms with Crippen molar-refractivity contribution in [2.45, 2.75) is 13.3 Å². The van der Waals surface area contributed by atoms with E-state index in [0.29, 0.717) is 22.9 Å². The summed E-state index contributed by atoms with van der Waals surface area (Å²) in [7, 11) is 1.33. The van der Waals surface area contributed by atoms with E-state index >= 15 is 0 Å². The van der Waals surface area contributed by atoms with Crippen LogP contribution in [0.15, 0.2) is 41.9 Å². The number of aromatic nitrogens is 2. The first-order valence-electron chi connectivity index (χ1n) is 7.64. The molecule has 2 aromatic heterocycles. The van der Waals surface area contributed by atoms with Gasteiger partial charge in [-0.15, -0.1) is 11.3 Å². The second-order valence-corrected chi connectivity index (χ2v) is 6.34. The van der Waals surface area contributed by atoms with E-state index in [4.69, 9.17) is 0 Å². The predicted molar refractivity (Wildman–Crippen MR) is 96.8 cm³/mol. The van der Waals surface area contributed by atoms with Crippen LogP contribution in [0.2, 0.25) is 0 Å². The first kappa shape index (κ1) is 16.9. The van der Waals surface area contributed by atoms with Crippen molar-refractivity contribution in [1.29, 1.82) is 0 Å². The molecule has 2 heterocycles. The molecule has 0 bridgehead atoms. The molecule has 1 amide bonds. The van der Waals surface area contributed by atoms with Crippen molar-refractivity contribution < 1.29 is 14.3 Å². The number of ether oxygens (including phenoxy) is 1. The number of anilines is 1. The molecule has 1 aromatic carbocycles. The molecule has 0 aliphatic carbocycles. The van der Waals surface area contributed by atoms with Crippen LogP contribution in [-0.4, -0.2) is 29.0 Å². The lowest BCUT2D eigenvalue weighted by Gasteiger charge is -2.04. The van der Waals surface area contributed by atoms with Crippen molar-refractivity contribution in [3.63, 3.8) is 0 Å². The van der Waals surface area contributed by atoms with Crippen LogP contribution in [0, 0.1) is 6.92 Å². The highest BCUT2D eigenvalue weighted by molar-refractivity contribution is 7.14. The van der Waals surface area contributed by atoms with Crippen LogP contribution >= 0.6 is 11.3 Å². The van der Waals surface area contributed by atoms with E-state index in [-0.39, 0.29) is 5.91 Å². The number of aromatic amines is 1. The molecule has 0 aliphatic rings. The number of hydrogen-bond acceptors (Lipinski definition) is 5. The summed E-state index contributed by atoms with van der Waals surface area (Å²) in [6.45, 7) is 1.98. The van der Waals surface area contributed by atoms with E-state index in [1.165, 1.54) is 18.4 Å². The average Bonchev–Trinajstić information content (AvgIpc) is 3.25. The number of nitrogens with zero attached hydrogens (tertiary/aromatic N) is 1. The van der Waals surface area contributed by atoms with Gasteiger partial charge < -0.3 is 15.0 Å². The van der Waals surface area contributed by atoms with Gasteiger partial charge in [0, 0.05) is 17.1 Å². The third-order valence-corrected chi connectivity index (χ3v) is 4.50. The quantitative estimate of drug-likeness (QED) is 0.687. The monoisotopic (exact) mass is 355 g/mol. The predicted octanol–water partition coefficient (Wildman–Crippen LogP) is 3.41. The Morgan fingerprint density at radius 3 is 2.88 bits per heavy atom. The molecule has 25 heavy (non-hydrogen) atoms. The number of H-pyrrole nitrogens is 1. The Morgan fingerprint density at radius 1 is 1.32 bits per heavy atom. The number of carbonyl (C=O) groups is 2. The molecule has 2 N–H and O–H groups in total. The van der Waals surface area contributed by atoms with Crippen molar-refractivity contribution in [3.05, 3.63) is 58.7 Å². The van der Waals surface area contributed by atoms with Gasteiger partial charge >= 0.3 is 5.97 Å². The summed E-state index contributed by atoms with van der Waals surface area (Å²) < 4.78 is 4.66. The lowest BCUT2D eigenvalue weighted by Crippen LogP contribution is -2.14. The van der Waals surface area contributed by atoms with Crippen LogP contribution in [-0.2, 0) is 16.0 Å². The Balaban J connectivity index is 1.67. The second kappa shape index (κ2) is 7.31. The summed E-state index contributed by atoms with van der Waals surface area (Å²) in [5.41, 5.74) is 3.87. The minimum atomic E-state index is -0.437. The first-order valence-corrected chi connectivity index (χ1v) is 8.52. The number of nitrogens with one attached hydrogen (secondary N) is 2. The molecule has 0 aliphatic heterocycles. The maximum atomic E-state index is 12.2. The van der Waals surface area contributed by atoms with Crippen LogP contribution < -0.4 is 5.32 Å². The van der Waals surface area contributed by atoms with E-state index in [0.717, 1.165) is 16.7 Å². The smallest absolute Gasteiger partial charge is 0.354 e. The molecular formula is C18H17N3O3S. The van der Waals surface area contributed by atoms with Crippen LogP contribution in [0.5, 0.6) is 0 Å². The average molecular weight is 355 g/mol. The largest absolute Gasteiger partial charge is 0.464 e. The summed E-state index contributed by atoms with van der Waals surface area (Å²) in [5.74, 6) is -0.548. The number of thiazole rings is 1. The first-order chi connectivity index (χ1) is 12.1. The van der Waals surface area contributed by atoms with Crippen LogP contribution in [0.3, 0.4) is 0 Å². The van der Waals surface area contributed by atoms with E-state index in [2.05, 4.69) is 20.0 Å². The fourth-order valence-electron chi connectivity index (χ4n) is 2.38. The lowest BCUT2D eigenvalue weighted by atomic mass is 10.1. The Hall–Kier alpha value is -2.93. The van der Waals surface area contributed by atoms with Crippen molar-refractivity contribution in [2.24, 2.45) is 0 Å². The normalized spacial score (nSPS) is 10.5. The number of rotatable bonds is 5.